The van der Waals surface area contributed by atoms with Gasteiger partial charge in [0.05, 0.1) is 12.0 Å². The molecule has 0 saturated carbocycles. The number of nitrogens with zero attached hydrogens (tertiary/aromatic N) is 1. The number of methoxy groups -OCH3 is 1. The normalized spacial score (nSPS) is 10.4. The van der Waals surface area contributed by atoms with Gasteiger partial charge in [0.1, 0.15) is 5.75 Å². The fraction of sp³-hybridized carbons (Fsp3) is 0.0625. The highest BCUT2D eigenvalue weighted by Gasteiger charge is 2.03. The van der Waals surface area contributed by atoms with Gasteiger partial charge in [-0.15, -0.1) is 0 Å². The minimum atomic E-state index is -0.468. The van der Waals surface area contributed by atoms with Crippen molar-refractivity contribution in [3.8, 4) is 5.75 Å². The van der Waals surface area contributed by atoms with Crippen LogP contribution in [0.5, 0.6) is 5.75 Å². The second-order valence-electron chi connectivity index (χ2n) is 4.40. The highest BCUT2D eigenvalue weighted by atomic mass is 16.6. The summed E-state index contributed by atoms with van der Waals surface area (Å²) in [6.07, 6.45) is 2.95. The van der Waals surface area contributed by atoms with Crippen molar-refractivity contribution in [3.63, 3.8) is 0 Å². The summed E-state index contributed by atoms with van der Waals surface area (Å²) in [7, 11) is 1.57. The number of hydrogen-bond donors (Lipinski definition) is 1. The minimum Gasteiger partial charge on any atom is -0.497 e. The molecule has 0 aliphatic carbocycles. The van der Waals surface area contributed by atoms with Crippen LogP contribution in [-0.4, -0.2) is 17.9 Å². The van der Waals surface area contributed by atoms with E-state index in [2.05, 4.69) is 5.32 Å². The van der Waals surface area contributed by atoms with E-state index in [9.17, 15) is 14.9 Å². The van der Waals surface area contributed by atoms with Gasteiger partial charge in [-0.2, -0.15) is 0 Å². The molecule has 0 atom stereocenters. The van der Waals surface area contributed by atoms with Crippen LogP contribution >= 0.6 is 0 Å². The lowest BCUT2D eigenvalue weighted by atomic mass is 10.2. The summed E-state index contributed by atoms with van der Waals surface area (Å²) in [6.45, 7) is 0. The Morgan fingerprint density at radius 2 is 1.77 bits per heavy atom. The number of hydrogen-bond acceptors (Lipinski definition) is 4. The third-order valence-electron chi connectivity index (χ3n) is 2.89. The Morgan fingerprint density at radius 1 is 1.14 bits per heavy atom. The quantitative estimate of drug-likeness (QED) is 0.522. The fourth-order valence-electron chi connectivity index (χ4n) is 1.74. The molecule has 22 heavy (non-hydrogen) atoms. The van der Waals surface area contributed by atoms with Crippen molar-refractivity contribution in [3.05, 3.63) is 70.3 Å². The number of carbonyl (C=O) groups is 1. The van der Waals surface area contributed by atoms with Crippen molar-refractivity contribution in [2.24, 2.45) is 0 Å². The van der Waals surface area contributed by atoms with Gasteiger partial charge in [0, 0.05) is 23.9 Å². The van der Waals surface area contributed by atoms with Crippen molar-refractivity contribution < 1.29 is 14.5 Å². The molecule has 2 aromatic carbocycles. The molecule has 1 amide bonds. The van der Waals surface area contributed by atoms with Crippen molar-refractivity contribution >= 4 is 23.4 Å². The van der Waals surface area contributed by atoms with E-state index >= 15 is 0 Å². The average molecular weight is 298 g/mol. The Hall–Kier alpha value is -3.15. The summed E-state index contributed by atoms with van der Waals surface area (Å²) in [5.41, 5.74) is 1.37. The van der Waals surface area contributed by atoms with E-state index < -0.39 is 4.92 Å². The van der Waals surface area contributed by atoms with Crippen LogP contribution in [0, 0.1) is 10.1 Å². The van der Waals surface area contributed by atoms with Gasteiger partial charge in [-0.05, 0) is 48.0 Å². The molecular formula is C16H14N2O4. The zero-order chi connectivity index (χ0) is 15.9. The first-order chi connectivity index (χ1) is 10.6. The molecule has 1 N–H and O–H groups in total. The Labute approximate surface area is 127 Å². The molecule has 0 unspecified atom stereocenters. The van der Waals surface area contributed by atoms with E-state index in [1.165, 1.54) is 18.2 Å². The largest absolute Gasteiger partial charge is 0.497 e. The number of anilines is 1. The average Bonchev–Trinajstić information content (AvgIpc) is 2.54. The minimum absolute atomic E-state index is 0.0137. The molecule has 112 valence electrons. The highest BCUT2D eigenvalue weighted by Crippen LogP contribution is 2.15. The molecule has 0 heterocycles. The molecule has 2 rings (SSSR count). The first kappa shape index (κ1) is 15.2. The molecule has 0 radical (unpaired) electrons. The molecule has 0 saturated heterocycles. The van der Waals surface area contributed by atoms with Gasteiger partial charge >= 0.3 is 0 Å². The summed E-state index contributed by atoms with van der Waals surface area (Å²) >= 11 is 0. The van der Waals surface area contributed by atoms with Crippen LogP contribution in [0.3, 0.4) is 0 Å². The van der Waals surface area contributed by atoms with Crippen LogP contribution in [0.25, 0.3) is 6.08 Å². The Kier molecular flexibility index (Phi) is 4.87. The number of non-ortho nitro benzene ring substituents is 1. The highest BCUT2D eigenvalue weighted by molar-refractivity contribution is 6.01. The summed E-state index contributed by atoms with van der Waals surface area (Å²) < 4.78 is 5.03. The van der Waals surface area contributed by atoms with E-state index in [1.807, 2.05) is 0 Å². The maximum Gasteiger partial charge on any atom is 0.269 e. The molecular weight excluding hydrogens is 284 g/mol. The van der Waals surface area contributed by atoms with E-state index in [0.717, 1.165) is 0 Å². The second-order valence-corrected chi connectivity index (χ2v) is 4.40. The van der Waals surface area contributed by atoms with Gasteiger partial charge in [0.25, 0.3) is 5.69 Å². The van der Waals surface area contributed by atoms with E-state index in [0.29, 0.717) is 17.0 Å². The van der Waals surface area contributed by atoms with Crippen molar-refractivity contribution in [1.29, 1.82) is 0 Å². The second kappa shape index (κ2) is 7.03. The van der Waals surface area contributed by atoms with Crippen LogP contribution in [0.2, 0.25) is 0 Å². The van der Waals surface area contributed by atoms with Crippen LogP contribution in [-0.2, 0) is 4.79 Å². The molecule has 0 aliphatic heterocycles. The van der Waals surface area contributed by atoms with Crippen molar-refractivity contribution in [2.75, 3.05) is 12.4 Å². The topological polar surface area (TPSA) is 81.5 Å². The van der Waals surface area contributed by atoms with Gasteiger partial charge in [-0.3, -0.25) is 14.9 Å². The standard InChI is InChI=1S/C16H14N2O4/c1-22-15-9-5-13(6-10-15)17-16(19)11-4-12-2-7-14(8-3-12)18(20)21/h2-11H,1H3,(H,17,19). The Morgan fingerprint density at radius 3 is 2.32 bits per heavy atom. The summed E-state index contributed by atoms with van der Waals surface area (Å²) in [5, 5.41) is 13.2. The molecule has 0 aliphatic rings. The van der Waals surface area contributed by atoms with Crippen LogP contribution in [0.4, 0.5) is 11.4 Å². The lowest BCUT2D eigenvalue weighted by Gasteiger charge is -2.03. The molecule has 2 aromatic rings. The van der Waals surface area contributed by atoms with Gasteiger partial charge in [0.2, 0.25) is 5.91 Å². The van der Waals surface area contributed by atoms with Crippen LogP contribution < -0.4 is 10.1 Å². The first-order valence-corrected chi connectivity index (χ1v) is 6.46. The lowest BCUT2D eigenvalue weighted by molar-refractivity contribution is -0.384. The Bertz CT molecular complexity index is 691. The summed E-state index contributed by atoms with van der Waals surface area (Å²) in [5.74, 6) is 0.419. The molecule has 6 heteroatoms. The number of nitrogens with one attached hydrogen (secondary N) is 1. The maximum atomic E-state index is 11.8. The molecule has 6 nitrogen and oxygen atoms in total. The number of benzene rings is 2. The van der Waals surface area contributed by atoms with Crippen LogP contribution in [0.1, 0.15) is 5.56 Å². The third kappa shape index (κ3) is 4.17. The molecule has 0 aromatic heterocycles. The maximum absolute atomic E-state index is 11.8. The van der Waals surface area contributed by atoms with Gasteiger partial charge in [-0.1, -0.05) is 0 Å². The van der Waals surface area contributed by atoms with Gasteiger partial charge in [0.15, 0.2) is 0 Å². The van der Waals surface area contributed by atoms with E-state index in [1.54, 1.807) is 49.6 Å². The first-order valence-electron chi connectivity index (χ1n) is 6.46. The number of amides is 1. The summed E-state index contributed by atoms with van der Waals surface area (Å²) in [4.78, 5) is 21.9. The third-order valence-corrected chi connectivity index (χ3v) is 2.89. The van der Waals surface area contributed by atoms with Crippen molar-refractivity contribution in [2.45, 2.75) is 0 Å². The number of rotatable bonds is 5. The number of carbonyl (C=O) groups excluding carboxylic acids is 1. The molecule has 0 spiro atoms. The van der Waals surface area contributed by atoms with E-state index in [-0.39, 0.29) is 11.6 Å². The van der Waals surface area contributed by atoms with E-state index in [4.69, 9.17) is 4.74 Å². The SMILES string of the molecule is COc1ccc(NC(=O)C=Cc2ccc([N+](=O)[O-])cc2)cc1. The zero-order valence-corrected chi connectivity index (χ0v) is 11.9. The number of ether oxygens (including phenoxy) is 1. The Balaban J connectivity index is 1.96. The lowest BCUT2D eigenvalue weighted by Crippen LogP contribution is -2.07. The summed E-state index contributed by atoms with van der Waals surface area (Å²) in [6, 6.07) is 12.9. The van der Waals surface area contributed by atoms with Gasteiger partial charge < -0.3 is 10.1 Å². The number of nitro benzene ring substituents is 1. The monoisotopic (exact) mass is 298 g/mol. The molecule has 0 bridgehead atoms. The smallest absolute Gasteiger partial charge is 0.269 e. The van der Waals surface area contributed by atoms with Gasteiger partial charge in [-0.25, -0.2) is 0 Å². The number of nitro groups is 1. The zero-order valence-electron chi connectivity index (χ0n) is 11.9. The van der Waals surface area contributed by atoms with Crippen molar-refractivity contribution in [1.82, 2.24) is 0 Å². The molecule has 0 fully saturated rings. The fourth-order valence-corrected chi connectivity index (χ4v) is 1.74. The predicted octanol–water partition coefficient (Wildman–Crippen LogP) is 3.26. The predicted molar refractivity (Wildman–Crippen MR) is 83.8 cm³/mol. The van der Waals surface area contributed by atoms with Crippen LogP contribution in [0.15, 0.2) is 54.6 Å².